The van der Waals surface area contributed by atoms with E-state index in [1.54, 1.807) is 6.20 Å². The Morgan fingerprint density at radius 1 is 1.13 bits per heavy atom. The Hall–Kier alpha value is -0.990. The minimum atomic E-state index is 0. The molecule has 0 aliphatic heterocycles. The maximum Gasteiger partial charge on any atom is 0.0735 e. The second kappa shape index (κ2) is 5.19. The molecule has 2 aromatic rings. The summed E-state index contributed by atoms with van der Waals surface area (Å²) < 4.78 is 0. The summed E-state index contributed by atoms with van der Waals surface area (Å²) in [7, 11) is 0. The Balaban J connectivity index is 0.000000980. The van der Waals surface area contributed by atoms with Gasteiger partial charge in [0, 0.05) is 5.39 Å². The van der Waals surface area contributed by atoms with Gasteiger partial charge in [0.25, 0.3) is 0 Å². The van der Waals surface area contributed by atoms with Crippen LogP contribution in [0.1, 0.15) is 11.1 Å². The van der Waals surface area contributed by atoms with Crippen molar-refractivity contribution in [2.75, 3.05) is 5.73 Å². The predicted octanol–water partition coefficient (Wildman–Crippen LogP) is 3.28. The van der Waals surface area contributed by atoms with Crippen LogP contribution in [0.3, 0.4) is 0 Å². The Morgan fingerprint density at radius 3 is 2.47 bits per heavy atom. The Bertz CT molecular complexity index is 469. The third kappa shape index (κ3) is 2.52. The highest BCUT2D eigenvalue weighted by atomic mass is 35.5. The van der Waals surface area contributed by atoms with Gasteiger partial charge >= 0.3 is 0 Å². The van der Waals surface area contributed by atoms with Gasteiger partial charge in [-0.2, -0.15) is 0 Å². The first kappa shape index (κ1) is 14.0. The molecule has 0 fully saturated rings. The first-order chi connectivity index (χ1) is 6.18. The van der Waals surface area contributed by atoms with Gasteiger partial charge in [0.2, 0.25) is 0 Å². The maximum atomic E-state index is 5.65. The number of hydrogen-bond donors (Lipinski definition) is 1. The molecule has 15 heavy (non-hydrogen) atoms. The Kier molecular flexibility index (Phi) is 4.85. The van der Waals surface area contributed by atoms with E-state index in [9.17, 15) is 0 Å². The van der Waals surface area contributed by atoms with E-state index >= 15 is 0 Å². The zero-order valence-electron chi connectivity index (χ0n) is 8.65. The number of aromatic nitrogens is 1. The van der Waals surface area contributed by atoms with Gasteiger partial charge in [-0.3, -0.25) is 4.98 Å². The topological polar surface area (TPSA) is 38.9 Å². The van der Waals surface area contributed by atoms with Crippen molar-refractivity contribution in [1.29, 1.82) is 0 Å². The molecular weight excluding hydrogens is 231 g/mol. The first-order valence-corrected chi connectivity index (χ1v) is 4.30. The van der Waals surface area contributed by atoms with Crippen molar-refractivity contribution in [3.63, 3.8) is 0 Å². The van der Waals surface area contributed by atoms with Gasteiger partial charge in [-0.25, -0.2) is 0 Å². The average Bonchev–Trinajstić information content (AvgIpc) is 2.12. The van der Waals surface area contributed by atoms with Crippen molar-refractivity contribution in [2.24, 2.45) is 0 Å². The number of pyridine rings is 1. The van der Waals surface area contributed by atoms with E-state index in [4.69, 9.17) is 5.73 Å². The molecule has 0 saturated heterocycles. The van der Waals surface area contributed by atoms with E-state index in [1.165, 1.54) is 11.1 Å². The zero-order chi connectivity index (χ0) is 9.42. The Labute approximate surface area is 102 Å². The SMILES string of the molecule is Cc1ccc2cc(N)cnc2c1C.Cl.Cl. The lowest BCUT2D eigenvalue weighted by molar-refractivity contribution is 1.31. The van der Waals surface area contributed by atoms with Gasteiger partial charge in [0.05, 0.1) is 17.4 Å². The summed E-state index contributed by atoms with van der Waals surface area (Å²) in [6, 6.07) is 6.11. The van der Waals surface area contributed by atoms with Crippen molar-refractivity contribution < 1.29 is 0 Å². The molecule has 1 aromatic heterocycles. The van der Waals surface area contributed by atoms with Crippen molar-refractivity contribution in [2.45, 2.75) is 13.8 Å². The van der Waals surface area contributed by atoms with E-state index in [0.29, 0.717) is 0 Å². The second-order valence-electron chi connectivity index (χ2n) is 3.35. The van der Waals surface area contributed by atoms with Crippen molar-refractivity contribution in [1.82, 2.24) is 4.98 Å². The number of halogens is 2. The summed E-state index contributed by atoms with van der Waals surface area (Å²) >= 11 is 0. The lowest BCUT2D eigenvalue weighted by atomic mass is 10.1. The van der Waals surface area contributed by atoms with Gasteiger partial charge in [-0.15, -0.1) is 24.8 Å². The highest BCUT2D eigenvalue weighted by Crippen LogP contribution is 2.20. The third-order valence-electron chi connectivity index (χ3n) is 2.40. The largest absolute Gasteiger partial charge is 0.397 e. The van der Waals surface area contributed by atoms with Gasteiger partial charge in [0.15, 0.2) is 0 Å². The van der Waals surface area contributed by atoms with Crippen LogP contribution in [0.25, 0.3) is 10.9 Å². The quantitative estimate of drug-likeness (QED) is 0.773. The fourth-order valence-corrected chi connectivity index (χ4v) is 1.47. The van der Waals surface area contributed by atoms with Crippen molar-refractivity contribution in [3.8, 4) is 0 Å². The van der Waals surface area contributed by atoms with Crippen LogP contribution in [-0.2, 0) is 0 Å². The molecule has 0 amide bonds. The van der Waals surface area contributed by atoms with Crippen LogP contribution in [0.15, 0.2) is 24.4 Å². The standard InChI is InChI=1S/C11H12N2.2ClH/c1-7-3-4-9-5-10(12)6-13-11(9)8(7)2;;/h3-6H,12H2,1-2H3;2*1H. The number of benzene rings is 1. The van der Waals surface area contributed by atoms with Crippen LogP contribution >= 0.6 is 24.8 Å². The fraction of sp³-hybridized carbons (Fsp3) is 0.182. The molecule has 1 heterocycles. The van der Waals surface area contributed by atoms with Crippen LogP contribution in [0, 0.1) is 13.8 Å². The van der Waals surface area contributed by atoms with E-state index in [2.05, 4.69) is 31.0 Å². The van der Waals surface area contributed by atoms with Gasteiger partial charge in [0.1, 0.15) is 0 Å². The molecule has 2 rings (SSSR count). The lowest BCUT2D eigenvalue weighted by Gasteiger charge is -2.04. The fourth-order valence-electron chi connectivity index (χ4n) is 1.47. The molecule has 0 aliphatic carbocycles. The summed E-state index contributed by atoms with van der Waals surface area (Å²) in [5.41, 5.74) is 9.92. The number of nitrogen functional groups attached to an aromatic ring is 1. The van der Waals surface area contributed by atoms with Gasteiger partial charge in [-0.05, 0) is 31.0 Å². The molecule has 0 aliphatic rings. The minimum absolute atomic E-state index is 0. The average molecular weight is 245 g/mol. The number of nitrogens with zero attached hydrogens (tertiary/aromatic N) is 1. The second-order valence-corrected chi connectivity index (χ2v) is 3.35. The smallest absolute Gasteiger partial charge is 0.0735 e. The summed E-state index contributed by atoms with van der Waals surface area (Å²) in [5, 5.41) is 1.11. The van der Waals surface area contributed by atoms with Crippen LogP contribution in [-0.4, -0.2) is 4.98 Å². The summed E-state index contributed by atoms with van der Waals surface area (Å²) in [5.74, 6) is 0. The number of anilines is 1. The molecule has 4 heteroatoms. The van der Waals surface area contributed by atoms with Crippen LogP contribution in [0.2, 0.25) is 0 Å². The van der Waals surface area contributed by atoms with Crippen molar-refractivity contribution in [3.05, 3.63) is 35.5 Å². The number of rotatable bonds is 0. The first-order valence-electron chi connectivity index (χ1n) is 4.30. The molecule has 2 N–H and O–H groups in total. The highest BCUT2D eigenvalue weighted by molar-refractivity contribution is 5.86. The molecule has 0 atom stereocenters. The third-order valence-corrected chi connectivity index (χ3v) is 2.40. The van der Waals surface area contributed by atoms with Gasteiger partial charge in [-0.1, -0.05) is 12.1 Å². The number of aryl methyl sites for hydroxylation is 2. The van der Waals surface area contributed by atoms with Crippen LogP contribution < -0.4 is 5.73 Å². The molecular formula is C11H14Cl2N2. The van der Waals surface area contributed by atoms with E-state index in [1.807, 2.05) is 6.07 Å². The van der Waals surface area contributed by atoms with E-state index in [0.717, 1.165) is 16.6 Å². The molecule has 0 bridgehead atoms. The number of hydrogen-bond acceptors (Lipinski definition) is 2. The molecule has 0 spiro atoms. The number of nitrogens with two attached hydrogens (primary N) is 1. The molecule has 1 aromatic carbocycles. The predicted molar refractivity (Wildman–Crippen MR) is 70.1 cm³/mol. The lowest BCUT2D eigenvalue weighted by Crippen LogP contribution is -1.90. The van der Waals surface area contributed by atoms with E-state index < -0.39 is 0 Å². The molecule has 0 unspecified atom stereocenters. The summed E-state index contributed by atoms with van der Waals surface area (Å²) in [6.07, 6.45) is 1.70. The monoisotopic (exact) mass is 244 g/mol. The molecule has 0 saturated carbocycles. The zero-order valence-corrected chi connectivity index (χ0v) is 10.3. The van der Waals surface area contributed by atoms with Crippen LogP contribution in [0.4, 0.5) is 5.69 Å². The molecule has 82 valence electrons. The molecule has 2 nitrogen and oxygen atoms in total. The van der Waals surface area contributed by atoms with Crippen molar-refractivity contribution >= 4 is 41.4 Å². The maximum absolute atomic E-state index is 5.65. The summed E-state index contributed by atoms with van der Waals surface area (Å²) in [4.78, 5) is 4.32. The van der Waals surface area contributed by atoms with E-state index in [-0.39, 0.29) is 24.8 Å². The van der Waals surface area contributed by atoms with Crippen LogP contribution in [0.5, 0.6) is 0 Å². The minimum Gasteiger partial charge on any atom is -0.397 e. The summed E-state index contributed by atoms with van der Waals surface area (Å²) in [6.45, 7) is 4.17. The van der Waals surface area contributed by atoms with Gasteiger partial charge < -0.3 is 5.73 Å². The highest BCUT2D eigenvalue weighted by Gasteiger charge is 2.00. The number of fused-ring (bicyclic) bond motifs is 1. The molecule has 0 radical (unpaired) electrons. The Morgan fingerprint density at radius 2 is 1.80 bits per heavy atom. The normalized spacial score (nSPS) is 9.20.